The Morgan fingerprint density at radius 2 is 1.56 bits per heavy atom. The second-order valence-corrected chi connectivity index (χ2v) is 12.3. The minimum absolute atomic E-state index is 0.0181. The van der Waals surface area contributed by atoms with Crippen LogP contribution in [0.2, 0.25) is 0 Å². The lowest BCUT2D eigenvalue weighted by Gasteiger charge is -2.26. The van der Waals surface area contributed by atoms with Gasteiger partial charge in [-0.15, -0.1) is 0 Å². The molecule has 2 heterocycles. The minimum atomic E-state index is -4.18. The Morgan fingerprint density at radius 3 is 2.09 bits per heavy atom. The standard InChI is InChI=1S/C31H37N7O6S/c1-19-23(28(39)24(32)15-20-9-4-2-5-10-20)17-22(18-36-45(34,43)44)37-27(19)31(42)38(30(41)26-13-8-14-35-26)29(40)25(33)16-21-11-6-3-7-12-21/h2-7,9-12,17,24-26,35-36H,8,13-16,18,32-33H2,1H3,(H2,34,43,44)/t24-,25-,26-/m0/s1. The molecule has 0 saturated carbocycles. The van der Waals surface area contributed by atoms with Crippen molar-refractivity contribution in [1.82, 2.24) is 19.9 Å². The third kappa shape index (κ3) is 8.72. The van der Waals surface area contributed by atoms with Crippen molar-refractivity contribution in [2.75, 3.05) is 6.54 Å². The zero-order valence-corrected chi connectivity index (χ0v) is 25.6. The summed E-state index contributed by atoms with van der Waals surface area (Å²) in [5.41, 5.74) is 13.7. The number of rotatable bonds is 12. The maximum atomic E-state index is 14.2. The van der Waals surface area contributed by atoms with Crippen molar-refractivity contribution in [3.8, 4) is 0 Å². The van der Waals surface area contributed by atoms with E-state index in [-0.39, 0.29) is 29.7 Å². The quantitative estimate of drug-likeness (QED) is 0.135. The van der Waals surface area contributed by atoms with Gasteiger partial charge in [0.15, 0.2) is 5.78 Å². The van der Waals surface area contributed by atoms with Crippen LogP contribution in [-0.4, -0.2) is 66.5 Å². The summed E-state index contributed by atoms with van der Waals surface area (Å²) in [6.45, 7) is 1.49. The highest BCUT2D eigenvalue weighted by Gasteiger charge is 2.39. The van der Waals surface area contributed by atoms with Gasteiger partial charge in [-0.05, 0) is 61.9 Å². The van der Waals surface area contributed by atoms with Gasteiger partial charge in [-0.2, -0.15) is 13.1 Å². The van der Waals surface area contributed by atoms with Crippen LogP contribution in [0.1, 0.15) is 56.1 Å². The highest BCUT2D eigenvalue weighted by atomic mass is 32.2. The first-order valence-electron chi connectivity index (χ1n) is 14.4. The van der Waals surface area contributed by atoms with Crippen molar-refractivity contribution in [3.63, 3.8) is 0 Å². The van der Waals surface area contributed by atoms with Gasteiger partial charge in [0.05, 0.1) is 30.4 Å². The van der Waals surface area contributed by atoms with Crippen molar-refractivity contribution in [3.05, 3.63) is 100 Å². The minimum Gasteiger partial charge on any atom is -0.321 e. The molecule has 1 aromatic heterocycles. The van der Waals surface area contributed by atoms with Gasteiger partial charge in [0.1, 0.15) is 5.69 Å². The number of Topliss-reactive ketones (excluding diaryl/α,β-unsaturated/α-hetero) is 1. The molecule has 1 aliphatic rings. The van der Waals surface area contributed by atoms with E-state index in [1.807, 2.05) is 30.3 Å². The number of aromatic nitrogens is 1. The molecule has 45 heavy (non-hydrogen) atoms. The van der Waals surface area contributed by atoms with Crippen LogP contribution in [0.3, 0.4) is 0 Å². The van der Waals surface area contributed by atoms with Crippen molar-refractivity contribution in [2.24, 2.45) is 16.6 Å². The maximum absolute atomic E-state index is 14.2. The molecule has 13 nitrogen and oxygen atoms in total. The number of nitrogens with one attached hydrogen (secondary N) is 2. The smallest absolute Gasteiger partial charge is 0.286 e. The van der Waals surface area contributed by atoms with Crippen molar-refractivity contribution >= 4 is 33.7 Å². The Morgan fingerprint density at radius 1 is 0.978 bits per heavy atom. The highest BCUT2D eigenvalue weighted by molar-refractivity contribution is 7.87. The third-order valence-electron chi connectivity index (χ3n) is 7.50. The molecule has 8 N–H and O–H groups in total. The predicted molar refractivity (Wildman–Crippen MR) is 167 cm³/mol. The maximum Gasteiger partial charge on any atom is 0.286 e. The first-order chi connectivity index (χ1) is 21.4. The molecule has 0 bridgehead atoms. The van der Waals surface area contributed by atoms with E-state index in [1.165, 1.54) is 13.0 Å². The van der Waals surface area contributed by atoms with Gasteiger partial charge in [-0.3, -0.25) is 19.2 Å². The summed E-state index contributed by atoms with van der Waals surface area (Å²) < 4.78 is 25.4. The molecule has 0 spiro atoms. The molecule has 4 rings (SSSR count). The van der Waals surface area contributed by atoms with E-state index in [0.717, 1.165) is 11.1 Å². The van der Waals surface area contributed by atoms with E-state index in [0.29, 0.717) is 24.3 Å². The van der Waals surface area contributed by atoms with Gasteiger partial charge < -0.3 is 16.8 Å². The summed E-state index contributed by atoms with van der Waals surface area (Å²) in [6, 6.07) is 16.2. The van der Waals surface area contributed by atoms with Gasteiger partial charge in [-0.25, -0.2) is 15.0 Å². The molecule has 0 unspecified atom stereocenters. The van der Waals surface area contributed by atoms with E-state index in [2.05, 4.69) is 15.0 Å². The number of pyridine rings is 1. The van der Waals surface area contributed by atoms with Crippen molar-refractivity contribution < 1.29 is 27.6 Å². The Labute approximate surface area is 261 Å². The lowest BCUT2D eigenvalue weighted by atomic mass is 9.94. The molecule has 1 aliphatic heterocycles. The number of benzene rings is 2. The van der Waals surface area contributed by atoms with E-state index in [9.17, 15) is 27.6 Å². The molecule has 3 atom stereocenters. The Hall–Kier alpha value is -4.18. The molecule has 0 radical (unpaired) electrons. The molecular formula is C31H37N7O6S. The zero-order valence-electron chi connectivity index (χ0n) is 24.8. The summed E-state index contributed by atoms with van der Waals surface area (Å²) in [6.07, 6.45) is 1.29. The topological polar surface area (TPSA) is 221 Å². The van der Waals surface area contributed by atoms with Crippen LogP contribution in [0.5, 0.6) is 0 Å². The summed E-state index contributed by atoms with van der Waals surface area (Å²) in [5.74, 6) is -3.38. The van der Waals surface area contributed by atoms with Crippen molar-refractivity contribution in [1.29, 1.82) is 0 Å². The van der Waals surface area contributed by atoms with Crippen LogP contribution >= 0.6 is 0 Å². The highest BCUT2D eigenvalue weighted by Crippen LogP contribution is 2.21. The number of hydrogen-bond donors (Lipinski definition) is 5. The average molecular weight is 636 g/mol. The number of ketones is 1. The molecule has 2 aromatic carbocycles. The number of hydrogen-bond acceptors (Lipinski definition) is 10. The first kappa shape index (κ1) is 33.7. The van der Waals surface area contributed by atoms with E-state index >= 15 is 0 Å². The predicted octanol–water partition coefficient (Wildman–Crippen LogP) is 0.253. The number of imide groups is 3. The summed E-state index contributed by atoms with van der Waals surface area (Å²) in [4.78, 5) is 60.0. The van der Waals surface area contributed by atoms with Crippen molar-refractivity contribution in [2.45, 2.75) is 57.3 Å². The summed E-state index contributed by atoms with van der Waals surface area (Å²) in [7, 11) is -4.18. The van der Waals surface area contributed by atoms with Crippen LogP contribution in [-0.2, 0) is 39.2 Å². The van der Waals surface area contributed by atoms with E-state index < -0.39 is 64.1 Å². The van der Waals surface area contributed by atoms with Crippen LogP contribution in [0.4, 0.5) is 0 Å². The monoisotopic (exact) mass is 635 g/mol. The lowest BCUT2D eigenvalue weighted by molar-refractivity contribution is -0.143. The largest absolute Gasteiger partial charge is 0.321 e. The summed E-state index contributed by atoms with van der Waals surface area (Å²) >= 11 is 0. The SMILES string of the molecule is Cc1c(C(=O)[C@@H](N)Cc2ccccc2)cc(CNS(N)(=O)=O)nc1C(=O)N(C(=O)[C@@H]1CCCN1)C(=O)[C@@H](N)Cc1ccccc1. The van der Waals surface area contributed by atoms with Gasteiger partial charge >= 0.3 is 0 Å². The van der Waals surface area contributed by atoms with Gasteiger partial charge in [0, 0.05) is 5.56 Å². The van der Waals surface area contributed by atoms with E-state index in [4.69, 9.17) is 16.6 Å². The number of nitrogens with zero attached hydrogens (tertiary/aromatic N) is 2. The lowest BCUT2D eigenvalue weighted by Crippen LogP contribution is -2.55. The average Bonchev–Trinajstić information content (AvgIpc) is 3.56. The molecular weight excluding hydrogens is 598 g/mol. The fourth-order valence-corrected chi connectivity index (χ4v) is 5.49. The number of amides is 3. The van der Waals surface area contributed by atoms with Gasteiger partial charge in [0.25, 0.3) is 27.9 Å². The molecule has 0 aliphatic carbocycles. The van der Waals surface area contributed by atoms with Gasteiger partial charge in [-0.1, -0.05) is 60.7 Å². The zero-order chi connectivity index (χ0) is 32.7. The third-order valence-corrected chi connectivity index (χ3v) is 8.05. The van der Waals surface area contributed by atoms with E-state index in [1.54, 1.807) is 30.3 Å². The van der Waals surface area contributed by atoms with Gasteiger partial charge in [0.2, 0.25) is 0 Å². The molecule has 238 valence electrons. The molecule has 3 amide bonds. The fourth-order valence-electron chi connectivity index (χ4n) is 5.14. The Balaban J connectivity index is 1.75. The first-order valence-corrected chi connectivity index (χ1v) is 16.0. The molecule has 3 aromatic rings. The second-order valence-electron chi connectivity index (χ2n) is 10.9. The van der Waals surface area contributed by atoms with Crippen LogP contribution in [0, 0.1) is 6.92 Å². The molecule has 1 fully saturated rings. The normalized spacial score (nSPS) is 16.1. The Bertz CT molecular complexity index is 1660. The number of carbonyl (C=O) groups is 4. The number of carbonyl (C=O) groups excluding carboxylic acids is 4. The fraction of sp³-hybridized carbons (Fsp3) is 0.323. The summed E-state index contributed by atoms with van der Waals surface area (Å²) in [5, 5.41) is 8.10. The molecule has 1 saturated heterocycles. The molecule has 14 heteroatoms. The Kier molecular flexibility index (Phi) is 11.0. The number of nitrogens with two attached hydrogens (primary N) is 3. The van der Waals surface area contributed by atoms with Crippen LogP contribution < -0.4 is 26.6 Å². The second kappa shape index (κ2) is 14.7. The van der Waals surface area contributed by atoms with Crippen LogP contribution in [0.25, 0.3) is 0 Å². The van der Waals surface area contributed by atoms with Crippen LogP contribution in [0.15, 0.2) is 66.7 Å².